The minimum atomic E-state index is -0.548. The number of phenols is 1. The van der Waals surface area contributed by atoms with Gasteiger partial charge in [-0.15, -0.1) is 0 Å². The van der Waals surface area contributed by atoms with Crippen molar-refractivity contribution >= 4 is 5.97 Å². The number of carbonyl (C=O) groups excluding carboxylic acids is 1. The lowest BCUT2D eigenvalue weighted by Crippen LogP contribution is -2.17. The maximum atomic E-state index is 12.3. The molecule has 3 nitrogen and oxygen atoms in total. The summed E-state index contributed by atoms with van der Waals surface area (Å²) in [6, 6.07) is 12.2. The molecule has 0 fully saturated rings. The smallest absolute Gasteiger partial charge is 0.347 e. The van der Waals surface area contributed by atoms with Gasteiger partial charge in [0.05, 0.1) is 0 Å². The molecule has 0 radical (unpaired) electrons. The summed E-state index contributed by atoms with van der Waals surface area (Å²) in [7, 11) is 0. The molecular weight excluding hydrogens is 264 g/mol. The fraction of sp³-hybridized carbons (Fsp3) is 0.278. The maximum Gasteiger partial charge on any atom is 0.347 e. The highest BCUT2D eigenvalue weighted by atomic mass is 16.5. The Morgan fingerprint density at radius 1 is 1.05 bits per heavy atom. The van der Waals surface area contributed by atoms with Crippen LogP contribution < -0.4 is 4.74 Å². The summed E-state index contributed by atoms with van der Waals surface area (Å²) in [5, 5.41) is 9.76. The summed E-state index contributed by atoms with van der Waals surface area (Å²) >= 11 is 0. The van der Waals surface area contributed by atoms with Gasteiger partial charge in [0.15, 0.2) is 0 Å². The van der Waals surface area contributed by atoms with Crippen LogP contribution in [0.15, 0.2) is 42.5 Å². The third-order valence-electron chi connectivity index (χ3n) is 3.34. The van der Waals surface area contributed by atoms with E-state index in [1.165, 1.54) is 6.07 Å². The number of rotatable bonds is 2. The zero-order valence-corrected chi connectivity index (χ0v) is 12.8. The van der Waals surface area contributed by atoms with E-state index in [1.54, 1.807) is 18.2 Å². The van der Waals surface area contributed by atoms with Gasteiger partial charge in [0.1, 0.15) is 17.1 Å². The van der Waals surface area contributed by atoms with E-state index < -0.39 is 5.97 Å². The number of hydrogen-bond acceptors (Lipinski definition) is 3. The van der Waals surface area contributed by atoms with Gasteiger partial charge in [0, 0.05) is 5.56 Å². The Labute approximate surface area is 125 Å². The molecule has 0 heterocycles. The van der Waals surface area contributed by atoms with Crippen molar-refractivity contribution in [1.82, 2.24) is 0 Å². The summed E-state index contributed by atoms with van der Waals surface area (Å²) in [6.45, 7) is 8.11. The molecular formula is C18H20O3. The lowest BCUT2D eigenvalue weighted by molar-refractivity contribution is 0.0727. The number of phenolic OH excluding ortho intramolecular Hbond substituents is 1. The van der Waals surface area contributed by atoms with Gasteiger partial charge < -0.3 is 9.84 Å². The molecule has 0 aromatic heterocycles. The van der Waals surface area contributed by atoms with Crippen LogP contribution >= 0.6 is 0 Å². The molecule has 2 aromatic rings. The molecule has 21 heavy (non-hydrogen) atoms. The van der Waals surface area contributed by atoms with Crippen molar-refractivity contribution < 1.29 is 14.6 Å². The van der Waals surface area contributed by atoms with Crippen molar-refractivity contribution in [2.45, 2.75) is 33.1 Å². The molecule has 1 N–H and O–H groups in total. The van der Waals surface area contributed by atoms with Crippen molar-refractivity contribution in [1.29, 1.82) is 0 Å². The molecule has 0 unspecified atom stereocenters. The predicted molar refractivity (Wildman–Crippen MR) is 82.9 cm³/mol. The first-order valence-electron chi connectivity index (χ1n) is 6.91. The molecule has 0 amide bonds. The average Bonchev–Trinajstić information content (AvgIpc) is 2.40. The second-order valence-electron chi connectivity index (χ2n) is 6.11. The molecule has 2 aromatic carbocycles. The van der Waals surface area contributed by atoms with Crippen LogP contribution in [0.25, 0.3) is 0 Å². The zero-order valence-electron chi connectivity index (χ0n) is 12.8. The van der Waals surface area contributed by atoms with Gasteiger partial charge in [0.2, 0.25) is 0 Å². The van der Waals surface area contributed by atoms with Crippen molar-refractivity contribution in [3.8, 4) is 11.5 Å². The third-order valence-corrected chi connectivity index (χ3v) is 3.34. The number of carbonyl (C=O) groups is 1. The molecule has 0 spiro atoms. The lowest BCUT2D eigenvalue weighted by Gasteiger charge is -2.23. The first-order chi connectivity index (χ1) is 9.80. The van der Waals surface area contributed by atoms with E-state index in [4.69, 9.17) is 4.74 Å². The minimum absolute atomic E-state index is 0.0756. The van der Waals surface area contributed by atoms with Crippen LogP contribution in [0.1, 0.15) is 42.3 Å². The number of hydrogen-bond donors (Lipinski definition) is 1. The van der Waals surface area contributed by atoms with E-state index >= 15 is 0 Å². The zero-order chi connectivity index (χ0) is 15.6. The Morgan fingerprint density at radius 2 is 1.71 bits per heavy atom. The van der Waals surface area contributed by atoms with Crippen molar-refractivity contribution in [2.24, 2.45) is 0 Å². The van der Waals surface area contributed by atoms with E-state index in [9.17, 15) is 9.90 Å². The number of ether oxygens (including phenoxy) is 1. The van der Waals surface area contributed by atoms with Gasteiger partial charge in [-0.3, -0.25) is 0 Å². The third kappa shape index (κ3) is 3.24. The predicted octanol–water partition coefficient (Wildman–Crippen LogP) is 4.22. The van der Waals surface area contributed by atoms with E-state index in [1.807, 2.05) is 25.1 Å². The molecule has 0 aliphatic carbocycles. The van der Waals surface area contributed by atoms with E-state index in [0.29, 0.717) is 5.75 Å². The monoisotopic (exact) mass is 284 g/mol. The topological polar surface area (TPSA) is 46.5 Å². The summed E-state index contributed by atoms with van der Waals surface area (Å²) < 4.78 is 5.57. The van der Waals surface area contributed by atoms with Crippen molar-refractivity contribution in [3.63, 3.8) is 0 Å². The molecule has 0 aliphatic rings. The van der Waals surface area contributed by atoms with Crippen LogP contribution in [-0.2, 0) is 5.41 Å². The van der Waals surface area contributed by atoms with Gasteiger partial charge in [-0.05, 0) is 30.0 Å². The quantitative estimate of drug-likeness (QED) is 0.663. The molecule has 0 bridgehead atoms. The van der Waals surface area contributed by atoms with Gasteiger partial charge in [-0.1, -0.05) is 51.1 Å². The first kappa shape index (κ1) is 15.1. The number of benzene rings is 2. The summed E-state index contributed by atoms with van der Waals surface area (Å²) in [6.07, 6.45) is 0. The van der Waals surface area contributed by atoms with Crippen molar-refractivity contribution in [3.05, 3.63) is 59.2 Å². The van der Waals surface area contributed by atoms with Crippen LogP contribution in [0, 0.1) is 6.92 Å². The van der Waals surface area contributed by atoms with Crippen LogP contribution in [0.3, 0.4) is 0 Å². The Kier molecular flexibility index (Phi) is 4.03. The van der Waals surface area contributed by atoms with Gasteiger partial charge in [-0.2, -0.15) is 0 Å². The van der Waals surface area contributed by atoms with Crippen LogP contribution in [0.5, 0.6) is 11.5 Å². The van der Waals surface area contributed by atoms with Gasteiger partial charge >= 0.3 is 5.97 Å². The lowest BCUT2D eigenvalue weighted by atomic mass is 9.85. The summed E-state index contributed by atoms with van der Waals surface area (Å²) in [5.41, 5.74) is 1.89. The Hall–Kier alpha value is -2.29. The van der Waals surface area contributed by atoms with Crippen LogP contribution in [0.2, 0.25) is 0 Å². The first-order valence-corrected chi connectivity index (χ1v) is 6.91. The van der Waals surface area contributed by atoms with Crippen LogP contribution in [0.4, 0.5) is 0 Å². The van der Waals surface area contributed by atoms with E-state index in [2.05, 4.69) is 20.8 Å². The van der Waals surface area contributed by atoms with E-state index in [-0.39, 0.29) is 16.7 Å². The number of para-hydroxylation sites is 2. The number of esters is 1. The Morgan fingerprint density at radius 3 is 2.33 bits per heavy atom. The molecule has 2 rings (SSSR count). The number of aryl methyl sites for hydroxylation is 1. The van der Waals surface area contributed by atoms with Gasteiger partial charge in [0.25, 0.3) is 0 Å². The molecule has 0 saturated heterocycles. The normalized spacial score (nSPS) is 11.2. The molecule has 0 aliphatic heterocycles. The van der Waals surface area contributed by atoms with E-state index in [0.717, 1.165) is 11.1 Å². The minimum Gasteiger partial charge on any atom is -0.507 e. The second-order valence-corrected chi connectivity index (χ2v) is 6.11. The van der Waals surface area contributed by atoms with Crippen LogP contribution in [-0.4, -0.2) is 11.1 Å². The highest BCUT2D eigenvalue weighted by Crippen LogP contribution is 2.34. The molecule has 0 atom stereocenters. The SMILES string of the molecule is Cc1cccc(C(C)(C)C)c1OC(=O)c1ccccc1O. The highest BCUT2D eigenvalue weighted by molar-refractivity contribution is 5.94. The summed E-state index contributed by atoms with van der Waals surface area (Å²) in [4.78, 5) is 12.3. The fourth-order valence-corrected chi connectivity index (χ4v) is 2.17. The molecule has 3 heteroatoms. The average molecular weight is 284 g/mol. The molecule has 110 valence electrons. The number of aromatic hydroxyl groups is 1. The highest BCUT2D eigenvalue weighted by Gasteiger charge is 2.23. The summed E-state index contributed by atoms with van der Waals surface area (Å²) in [5.74, 6) is -0.0560. The van der Waals surface area contributed by atoms with Crippen molar-refractivity contribution in [2.75, 3.05) is 0 Å². The standard InChI is InChI=1S/C18H20O3/c1-12-8-7-10-14(18(2,3)4)16(12)21-17(20)13-9-5-6-11-15(13)19/h5-11,19H,1-4H3. The van der Waals surface area contributed by atoms with Gasteiger partial charge in [-0.25, -0.2) is 4.79 Å². The maximum absolute atomic E-state index is 12.3. The molecule has 0 saturated carbocycles. The largest absolute Gasteiger partial charge is 0.507 e. The fourth-order valence-electron chi connectivity index (χ4n) is 2.17. The Bertz CT molecular complexity index is 666. The second kappa shape index (κ2) is 5.60. The Balaban J connectivity index is 2.41.